The molecule has 5 nitrogen and oxygen atoms in total. The first-order valence-corrected chi connectivity index (χ1v) is 6.09. The average molecular weight is 250 g/mol. The van der Waals surface area contributed by atoms with Crippen LogP contribution in [0.2, 0.25) is 0 Å². The predicted octanol–water partition coefficient (Wildman–Crippen LogP) is 1.46. The van der Waals surface area contributed by atoms with Gasteiger partial charge in [0, 0.05) is 20.3 Å². The van der Waals surface area contributed by atoms with Crippen molar-refractivity contribution in [1.29, 1.82) is 0 Å². The highest BCUT2D eigenvalue weighted by Gasteiger charge is 2.16. The van der Waals surface area contributed by atoms with Crippen LogP contribution in [0.1, 0.15) is 20.3 Å². The van der Waals surface area contributed by atoms with Gasteiger partial charge in [0.05, 0.1) is 23.6 Å². The molecule has 0 aliphatic heterocycles. The zero-order valence-electron chi connectivity index (χ0n) is 11.5. The Morgan fingerprint density at radius 3 is 2.72 bits per heavy atom. The van der Waals surface area contributed by atoms with Crippen molar-refractivity contribution in [3.8, 4) is 0 Å². The maximum absolute atomic E-state index is 11.9. The van der Waals surface area contributed by atoms with Gasteiger partial charge < -0.3 is 16.0 Å². The van der Waals surface area contributed by atoms with E-state index in [1.165, 1.54) is 0 Å². The molecular formula is C13H22N4O. The minimum Gasteiger partial charge on any atom is -0.376 e. The average Bonchev–Trinajstić information content (AvgIpc) is 2.28. The molecule has 5 heteroatoms. The Morgan fingerprint density at radius 1 is 1.50 bits per heavy atom. The van der Waals surface area contributed by atoms with Crippen molar-refractivity contribution < 1.29 is 4.79 Å². The molecule has 0 radical (unpaired) electrons. The standard InChI is InChI=1S/C13H22N4O/c1-9(2)7-10(14)13(18)16-11-8-15-6-5-12(11)17(3)4/h5-6,8-10H,7,14H2,1-4H3,(H,16,18)/t10-/m1/s1. The largest absolute Gasteiger partial charge is 0.376 e. The van der Waals surface area contributed by atoms with E-state index in [9.17, 15) is 4.79 Å². The van der Waals surface area contributed by atoms with E-state index in [2.05, 4.69) is 10.3 Å². The molecule has 0 aromatic carbocycles. The third kappa shape index (κ3) is 4.00. The van der Waals surface area contributed by atoms with Gasteiger partial charge in [-0.15, -0.1) is 0 Å². The Bertz CT molecular complexity index is 404. The van der Waals surface area contributed by atoms with Crippen LogP contribution >= 0.6 is 0 Å². The first-order valence-electron chi connectivity index (χ1n) is 6.09. The first-order chi connectivity index (χ1) is 8.41. The van der Waals surface area contributed by atoms with Crippen molar-refractivity contribution in [1.82, 2.24) is 4.98 Å². The van der Waals surface area contributed by atoms with Crippen molar-refractivity contribution in [2.24, 2.45) is 11.7 Å². The summed E-state index contributed by atoms with van der Waals surface area (Å²) in [6, 6.07) is 1.36. The van der Waals surface area contributed by atoms with Crippen LogP contribution in [0.5, 0.6) is 0 Å². The summed E-state index contributed by atoms with van der Waals surface area (Å²) < 4.78 is 0. The number of anilines is 2. The van der Waals surface area contributed by atoms with Crippen molar-refractivity contribution in [3.63, 3.8) is 0 Å². The maximum atomic E-state index is 11.9. The fourth-order valence-electron chi connectivity index (χ4n) is 1.71. The van der Waals surface area contributed by atoms with E-state index in [1.54, 1.807) is 12.4 Å². The second-order valence-corrected chi connectivity index (χ2v) is 5.01. The predicted molar refractivity (Wildman–Crippen MR) is 74.6 cm³/mol. The SMILES string of the molecule is CC(C)C[C@@H](N)C(=O)Nc1cnccc1N(C)C. The summed E-state index contributed by atoms with van der Waals surface area (Å²) in [5.74, 6) is 0.229. The monoisotopic (exact) mass is 250 g/mol. The summed E-state index contributed by atoms with van der Waals surface area (Å²) in [4.78, 5) is 17.9. The third-order valence-corrected chi connectivity index (χ3v) is 2.60. The second kappa shape index (κ2) is 6.35. The molecule has 0 fully saturated rings. The summed E-state index contributed by atoms with van der Waals surface area (Å²) in [7, 11) is 3.83. The van der Waals surface area contributed by atoms with Gasteiger partial charge in [0.1, 0.15) is 0 Å². The van der Waals surface area contributed by atoms with Crippen LogP contribution in [-0.2, 0) is 4.79 Å². The van der Waals surface area contributed by atoms with Crippen molar-refractivity contribution in [2.45, 2.75) is 26.3 Å². The summed E-state index contributed by atoms with van der Waals surface area (Å²) in [5.41, 5.74) is 7.45. The third-order valence-electron chi connectivity index (χ3n) is 2.60. The lowest BCUT2D eigenvalue weighted by Crippen LogP contribution is -2.37. The highest BCUT2D eigenvalue weighted by Crippen LogP contribution is 2.22. The van der Waals surface area contributed by atoms with E-state index in [-0.39, 0.29) is 5.91 Å². The number of nitrogens with one attached hydrogen (secondary N) is 1. The molecule has 18 heavy (non-hydrogen) atoms. The number of rotatable bonds is 5. The Kier molecular flexibility index (Phi) is 5.09. The molecule has 0 unspecified atom stereocenters. The smallest absolute Gasteiger partial charge is 0.241 e. The molecule has 0 bridgehead atoms. The van der Waals surface area contributed by atoms with Gasteiger partial charge in [-0.05, 0) is 18.4 Å². The van der Waals surface area contributed by atoms with E-state index >= 15 is 0 Å². The number of hydrogen-bond donors (Lipinski definition) is 2. The Balaban J connectivity index is 2.75. The van der Waals surface area contributed by atoms with E-state index in [0.717, 1.165) is 5.69 Å². The zero-order valence-corrected chi connectivity index (χ0v) is 11.5. The summed E-state index contributed by atoms with van der Waals surface area (Å²) in [5, 5.41) is 2.83. The fourth-order valence-corrected chi connectivity index (χ4v) is 1.71. The summed E-state index contributed by atoms with van der Waals surface area (Å²) in [6.45, 7) is 4.09. The van der Waals surface area contributed by atoms with Crippen LogP contribution in [0.3, 0.4) is 0 Å². The first kappa shape index (κ1) is 14.4. The highest BCUT2D eigenvalue weighted by atomic mass is 16.2. The molecule has 0 saturated heterocycles. The van der Waals surface area contributed by atoms with Gasteiger partial charge in [0.25, 0.3) is 0 Å². The lowest BCUT2D eigenvalue weighted by Gasteiger charge is -2.19. The van der Waals surface area contributed by atoms with Gasteiger partial charge in [0.2, 0.25) is 5.91 Å². The molecule has 1 amide bonds. The van der Waals surface area contributed by atoms with E-state index in [1.807, 2.05) is 38.9 Å². The molecule has 3 N–H and O–H groups in total. The van der Waals surface area contributed by atoms with E-state index in [0.29, 0.717) is 18.0 Å². The minimum atomic E-state index is -0.486. The minimum absolute atomic E-state index is 0.167. The molecule has 0 aliphatic rings. The fraction of sp³-hybridized carbons (Fsp3) is 0.538. The molecule has 1 rings (SSSR count). The topological polar surface area (TPSA) is 71.2 Å². The summed E-state index contributed by atoms with van der Waals surface area (Å²) in [6.07, 6.45) is 4.00. The Morgan fingerprint density at radius 2 is 2.17 bits per heavy atom. The zero-order chi connectivity index (χ0) is 13.7. The van der Waals surface area contributed by atoms with Gasteiger partial charge in [0.15, 0.2) is 0 Å². The number of aromatic nitrogens is 1. The van der Waals surface area contributed by atoms with Gasteiger partial charge in [-0.25, -0.2) is 0 Å². The van der Waals surface area contributed by atoms with Crippen LogP contribution in [0.4, 0.5) is 11.4 Å². The number of carbonyl (C=O) groups excluding carboxylic acids is 1. The lowest BCUT2D eigenvalue weighted by atomic mass is 10.0. The molecule has 1 aromatic rings. The number of hydrogen-bond acceptors (Lipinski definition) is 4. The molecule has 0 saturated carbocycles. The van der Waals surface area contributed by atoms with Crippen LogP contribution in [0, 0.1) is 5.92 Å². The van der Waals surface area contributed by atoms with Crippen molar-refractivity contribution in [2.75, 3.05) is 24.3 Å². The van der Waals surface area contributed by atoms with Gasteiger partial charge in [-0.2, -0.15) is 0 Å². The molecule has 1 heterocycles. The maximum Gasteiger partial charge on any atom is 0.241 e. The van der Waals surface area contributed by atoms with Gasteiger partial charge in [-0.3, -0.25) is 9.78 Å². The molecule has 0 spiro atoms. The number of nitrogens with two attached hydrogens (primary N) is 1. The van der Waals surface area contributed by atoms with Gasteiger partial charge >= 0.3 is 0 Å². The number of amides is 1. The molecule has 1 aromatic heterocycles. The summed E-state index contributed by atoms with van der Waals surface area (Å²) >= 11 is 0. The van der Waals surface area contributed by atoms with Gasteiger partial charge in [-0.1, -0.05) is 13.8 Å². The molecule has 100 valence electrons. The molecule has 1 atom stereocenters. The van der Waals surface area contributed by atoms with E-state index in [4.69, 9.17) is 5.73 Å². The Hall–Kier alpha value is -1.62. The second-order valence-electron chi connectivity index (χ2n) is 5.01. The highest BCUT2D eigenvalue weighted by molar-refractivity contribution is 5.97. The quantitative estimate of drug-likeness (QED) is 0.830. The number of pyridine rings is 1. The van der Waals surface area contributed by atoms with Crippen LogP contribution < -0.4 is 16.0 Å². The Labute approximate surface area is 108 Å². The van der Waals surface area contributed by atoms with Crippen molar-refractivity contribution >= 4 is 17.3 Å². The molecular weight excluding hydrogens is 228 g/mol. The normalized spacial score (nSPS) is 12.3. The van der Waals surface area contributed by atoms with Crippen LogP contribution in [0.15, 0.2) is 18.5 Å². The van der Waals surface area contributed by atoms with Crippen molar-refractivity contribution in [3.05, 3.63) is 18.5 Å². The molecule has 0 aliphatic carbocycles. The number of carbonyl (C=O) groups is 1. The van der Waals surface area contributed by atoms with Crippen LogP contribution in [-0.4, -0.2) is 31.0 Å². The number of nitrogens with zero attached hydrogens (tertiary/aromatic N) is 2. The lowest BCUT2D eigenvalue weighted by molar-refractivity contribution is -0.117. The van der Waals surface area contributed by atoms with Crippen LogP contribution in [0.25, 0.3) is 0 Å². The van der Waals surface area contributed by atoms with E-state index < -0.39 is 6.04 Å².